The predicted molar refractivity (Wildman–Crippen MR) is 124 cm³/mol. The molecule has 2 aromatic carbocycles. The molecule has 3 amide bonds. The zero-order valence-electron chi connectivity index (χ0n) is 18.6. The molecule has 0 spiro atoms. The monoisotopic (exact) mass is 466 g/mol. The number of carbonyl (C=O) groups excluding carboxylic acids is 3. The van der Waals surface area contributed by atoms with Crippen molar-refractivity contribution < 1.29 is 23.2 Å². The molecule has 1 aromatic heterocycles. The summed E-state index contributed by atoms with van der Waals surface area (Å²) >= 11 is 0. The number of aryl methyl sites for hydroxylation is 1. The number of carbonyl (C=O) groups is 3. The molecular weight excluding hydrogens is 442 g/mol. The number of alkyl halides is 2. The van der Waals surface area contributed by atoms with E-state index in [0.717, 1.165) is 16.9 Å². The number of hydrogen-bond donors (Lipinski definition) is 2. The first-order valence-corrected chi connectivity index (χ1v) is 11.0. The van der Waals surface area contributed by atoms with Gasteiger partial charge >= 0.3 is 0 Å². The molecule has 9 heteroatoms. The van der Waals surface area contributed by atoms with Crippen LogP contribution in [0.3, 0.4) is 0 Å². The molecule has 4 rings (SSSR count). The van der Waals surface area contributed by atoms with E-state index in [1.165, 1.54) is 12.3 Å². The average Bonchev–Trinajstić information content (AvgIpc) is 3.18. The van der Waals surface area contributed by atoms with Crippen LogP contribution in [-0.4, -0.2) is 52.7 Å². The summed E-state index contributed by atoms with van der Waals surface area (Å²) in [5.41, 5.74) is 2.46. The highest BCUT2D eigenvalue weighted by Gasteiger charge is 2.49. The highest BCUT2D eigenvalue weighted by atomic mass is 19.3. The molecule has 1 aliphatic rings. The third-order valence-corrected chi connectivity index (χ3v) is 5.82. The number of anilines is 1. The fourth-order valence-corrected chi connectivity index (χ4v) is 4.01. The molecule has 176 valence electrons. The second kappa shape index (κ2) is 9.54. The van der Waals surface area contributed by atoms with Crippen LogP contribution < -0.4 is 10.6 Å². The molecule has 1 fully saturated rings. The number of nitrogens with zero attached hydrogens (tertiary/aromatic N) is 2. The first kappa shape index (κ1) is 23.3. The van der Waals surface area contributed by atoms with Crippen LogP contribution >= 0.6 is 0 Å². The SMILES string of the molecule is CCc1ccc(NC(=O)C2CC(F)(F)CN2C(=O)CNC(=O)c2ccnc3ccccc23)cc1. The highest BCUT2D eigenvalue weighted by Crippen LogP contribution is 2.32. The van der Waals surface area contributed by atoms with Gasteiger partial charge in [0.2, 0.25) is 11.8 Å². The fourth-order valence-electron chi connectivity index (χ4n) is 4.01. The number of para-hydroxylation sites is 1. The first-order valence-electron chi connectivity index (χ1n) is 11.0. The maximum atomic E-state index is 14.2. The lowest BCUT2D eigenvalue weighted by molar-refractivity contribution is -0.136. The molecule has 0 bridgehead atoms. The smallest absolute Gasteiger partial charge is 0.267 e. The van der Waals surface area contributed by atoms with Gasteiger partial charge in [0.1, 0.15) is 6.04 Å². The van der Waals surface area contributed by atoms with Gasteiger partial charge in [-0.1, -0.05) is 37.3 Å². The Hall–Kier alpha value is -3.88. The molecule has 3 aromatic rings. The number of pyridine rings is 1. The second-order valence-electron chi connectivity index (χ2n) is 8.20. The molecule has 0 aliphatic carbocycles. The summed E-state index contributed by atoms with van der Waals surface area (Å²) in [4.78, 5) is 43.2. The lowest BCUT2D eigenvalue weighted by atomic mass is 10.1. The van der Waals surface area contributed by atoms with Crippen molar-refractivity contribution in [3.63, 3.8) is 0 Å². The molecular formula is C25H24F2N4O3. The number of benzene rings is 2. The van der Waals surface area contributed by atoms with E-state index in [-0.39, 0.29) is 0 Å². The molecule has 1 aliphatic heterocycles. The van der Waals surface area contributed by atoms with Gasteiger partial charge in [-0.2, -0.15) is 0 Å². The van der Waals surface area contributed by atoms with Gasteiger partial charge in [0.15, 0.2) is 0 Å². The van der Waals surface area contributed by atoms with Crippen molar-refractivity contribution in [3.05, 3.63) is 71.9 Å². The molecule has 0 saturated carbocycles. The molecule has 0 radical (unpaired) electrons. The lowest BCUT2D eigenvalue weighted by Gasteiger charge is -2.23. The summed E-state index contributed by atoms with van der Waals surface area (Å²) in [6.07, 6.45) is 1.53. The number of fused-ring (bicyclic) bond motifs is 1. The van der Waals surface area contributed by atoms with Gasteiger partial charge < -0.3 is 15.5 Å². The van der Waals surface area contributed by atoms with E-state index in [2.05, 4.69) is 15.6 Å². The van der Waals surface area contributed by atoms with E-state index in [1.807, 2.05) is 19.1 Å². The quantitative estimate of drug-likeness (QED) is 0.583. The van der Waals surface area contributed by atoms with Crippen molar-refractivity contribution in [2.24, 2.45) is 0 Å². The summed E-state index contributed by atoms with van der Waals surface area (Å²) in [5, 5.41) is 5.70. The second-order valence-corrected chi connectivity index (χ2v) is 8.20. The number of amides is 3. The molecule has 2 heterocycles. The maximum absolute atomic E-state index is 14.2. The van der Waals surface area contributed by atoms with Gasteiger partial charge in [-0.25, -0.2) is 8.78 Å². The van der Waals surface area contributed by atoms with Crippen molar-refractivity contribution in [3.8, 4) is 0 Å². The Balaban J connectivity index is 1.43. The maximum Gasteiger partial charge on any atom is 0.267 e. The van der Waals surface area contributed by atoms with Crippen LogP contribution in [0.5, 0.6) is 0 Å². The topological polar surface area (TPSA) is 91.4 Å². The Labute approximate surface area is 195 Å². The minimum absolute atomic E-state index is 0.315. The van der Waals surface area contributed by atoms with E-state index in [9.17, 15) is 23.2 Å². The van der Waals surface area contributed by atoms with E-state index in [1.54, 1.807) is 36.4 Å². The number of likely N-dealkylation sites (tertiary alicyclic amines) is 1. The Kier molecular flexibility index (Phi) is 6.54. The van der Waals surface area contributed by atoms with E-state index < -0.39 is 49.2 Å². The third-order valence-electron chi connectivity index (χ3n) is 5.82. The first-order chi connectivity index (χ1) is 16.3. The van der Waals surface area contributed by atoms with Crippen LogP contribution in [0.2, 0.25) is 0 Å². The summed E-state index contributed by atoms with van der Waals surface area (Å²) < 4.78 is 28.3. The Morgan fingerprint density at radius 3 is 2.56 bits per heavy atom. The standard InChI is InChI=1S/C25H24F2N4O3/c1-2-16-7-9-17(10-8-16)30-24(34)21-13-25(26,27)15-31(21)22(32)14-29-23(33)19-11-12-28-20-6-4-3-5-18(19)20/h3-12,21H,2,13-15H2,1H3,(H,29,33)(H,30,34). The Bertz CT molecular complexity index is 1230. The van der Waals surface area contributed by atoms with E-state index in [4.69, 9.17) is 0 Å². The Morgan fingerprint density at radius 2 is 1.82 bits per heavy atom. The molecule has 2 N–H and O–H groups in total. The number of nitrogens with one attached hydrogen (secondary N) is 2. The third kappa shape index (κ3) is 5.03. The number of halogens is 2. The minimum Gasteiger partial charge on any atom is -0.343 e. The van der Waals surface area contributed by atoms with Crippen molar-refractivity contribution >= 4 is 34.3 Å². The number of rotatable bonds is 6. The lowest BCUT2D eigenvalue weighted by Crippen LogP contribution is -2.47. The van der Waals surface area contributed by atoms with E-state index in [0.29, 0.717) is 22.2 Å². The molecule has 1 unspecified atom stereocenters. The average molecular weight is 466 g/mol. The normalized spacial score (nSPS) is 16.9. The molecule has 34 heavy (non-hydrogen) atoms. The van der Waals surface area contributed by atoms with Gasteiger partial charge in [-0.15, -0.1) is 0 Å². The highest BCUT2D eigenvalue weighted by molar-refractivity contribution is 6.07. The summed E-state index contributed by atoms with van der Waals surface area (Å²) in [6, 6.07) is 14.3. The summed E-state index contributed by atoms with van der Waals surface area (Å²) in [6.45, 7) is 0.598. The van der Waals surface area contributed by atoms with Gasteiger partial charge in [0.25, 0.3) is 11.8 Å². The van der Waals surface area contributed by atoms with Crippen LogP contribution in [-0.2, 0) is 16.0 Å². The number of aromatic nitrogens is 1. The molecule has 7 nitrogen and oxygen atoms in total. The van der Waals surface area contributed by atoms with Crippen molar-refractivity contribution in [1.29, 1.82) is 0 Å². The largest absolute Gasteiger partial charge is 0.343 e. The molecule has 1 saturated heterocycles. The predicted octanol–water partition coefficient (Wildman–Crippen LogP) is 3.40. The van der Waals surface area contributed by atoms with Crippen molar-refractivity contribution in [1.82, 2.24) is 15.2 Å². The summed E-state index contributed by atoms with van der Waals surface area (Å²) in [5.74, 6) is -5.18. The van der Waals surface area contributed by atoms with Crippen LogP contribution in [0.1, 0.15) is 29.3 Å². The van der Waals surface area contributed by atoms with Crippen molar-refractivity contribution in [2.75, 3.05) is 18.4 Å². The number of hydrogen-bond acceptors (Lipinski definition) is 4. The van der Waals surface area contributed by atoms with Crippen LogP contribution in [0, 0.1) is 0 Å². The van der Waals surface area contributed by atoms with E-state index >= 15 is 0 Å². The molecule has 1 atom stereocenters. The van der Waals surface area contributed by atoms with Gasteiger partial charge in [-0.05, 0) is 36.2 Å². The van der Waals surface area contributed by atoms with Gasteiger partial charge in [-0.3, -0.25) is 19.4 Å². The zero-order valence-corrected chi connectivity index (χ0v) is 18.6. The fraction of sp³-hybridized carbons (Fsp3) is 0.280. The van der Waals surface area contributed by atoms with Crippen molar-refractivity contribution in [2.45, 2.75) is 31.7 Å². The summed E-state index contributed by atoms with van der Waals surface area (Å²) in [7, 11) is 0. The van der Waals surface area contributed by atoms with Crippen LogP contribution in [0.25, 0.3) is 10.9 Å². The van der Waals surface area contributed by atoms with Gasteiger partial charge in [0.05, 0.1) is 24.2 Å². The van der Waals surface area contributed by atoms with Gasteiger partial charge in [0, 0.05) is 23.7 Å². The zero-order chi connectivity index (χ0) is 24.3. The van der Waals surface area contributed by atoms with Crippen LogP contribution in [0.15, 0.2) is 60.8 Å². The minimum atomic E-state index is -3.20. The van der Waals surface area contributed by atoms with Crippen LogP contribution in [0.4, 0.5) is 14.5 Å². The Morgan fingerprint density at radius 1 is 1.09 bits per heavy atom.